The Morgan fingerprint density at radius 3 is 1.35 bits per heavy atom. The number of carbonyl (C=O) groups is 2. The van der Waals surface area contributed by atoms with Gasteiger partial charge in [0, 0.05) is 84.1 Å². The number of ketones is 1. The second-order valence-electron chi connectivity index (χ2n) is 22.5. The molecule has 396 valence electrons. The predicted molar refractivity (Wildman–Crippen MR) is 331 cm³/mol. The van der Waals surface area contributed by atoms with Gasteiger partial charge in [-0.25, -0.2) is 0 Å². The first-order chi connectivity index (χ1) is 38.2. The van der Waals surface area contributed by atoms with E-state index in [2.05, 4.69) is 221 Å². The summed E-state index contributed by atoms with van der Waals surface area (Å²) in [5.41, 5.74) is 21.7. The molecule has 0 fully saturated rings. The number of nitrogens with zero attached hydrogens (tertiary/aromatic N) is 2. The summed E-state index contributed by atoms with van der Waals surface area (Å²) in [4.78, 5) is 31.7. The van der Waals surface area contributed by atoms with Crippen LogP contribution in [0.1, 0.15) is 98.4 Å². The second kappa shape index (κ2) is 20.9. The van der Waals surface area contributed by atoms with E-state index in [0.29, 0.717) is 25.9 Å². The Hall–Kier alpha value is -7.62. The third-order valence-corrected chi connectivity index (χ3v) is 19.5. The largest absolute Gasteiger partial charge is 0.463 e. The lowest BCUT2D eigenvalue weighted by Gasteiger charge is -2.28. The molecule has 0 saturated heterocycles. The Balaban J connectivity index is 0.909. The normalized spacial score (nSPS) is 13.5. The number of hydrogen-bond acceptors (Lipinski definition) is 8. The zero-order valence-electron chi connectivity index (χ0n) is 46.5. The molecule has 2 aliphatic carbocycles. The van der Waals surface area contributed by atoms with Gasteiger partial charge in [-0.1, -0.05) is 113 Å². The lowest BCUT2D eigenvalue weighted by atomic mass is 9.82. The molecule has 8 aromatic carbocycles. The van der Waals surface area contributed by atoms with E-state index in [-0.39, 0.29) is 29.2 Å². The number of benzene rings is 8. The maximum atomic E-state index is 12.5. The molecule has 2 aromatic heterocycles. The molecule has 0 bridgehead atoms. The summed E-state index contributed by atoms with van der Waals surface area (Å²) in [5.74, 6) is 0.0184. The molecule has 0 aliphatic heterocycles. The average molecular weight is 1080 g/mol. The summed E-state index contributed by atoms with van der Waals surface area (Å²) < 4.78 is 12.9. The van der Waals surface area contributed by atoms with Gasteiger partial charge in [-0.3, -0.25) is 4.79 Å². The fraction of sp³-hybridized carbons (Fsp3) is 0.239. The van der Waals surface area contributed by atoms with Crippen molar-refractivity contribution in [2.24, 2.45) is 0 Å². The van der Waals surface area contributed by atoms with Crippen molar-refractivity contribution in [3.8, 4) is 32.0 Å². The summed E-state index contributed by atoms with van der Waals surface area (Å²) in [5, 5.41) is 2.50. The molecule has 0 atom stereocenters. The van der Waals surface area contributed by atoms with Crippen LogP contribution in [0.25, 0.3) is 52.2 Å². The van der Waals surface area contributed by atoms with Gasteiger partial charge in [0.25, 0.3) is 0 Å². The lowest BCUT2D eigenvalue weighted by molar-refractivity contribution is -0.144. The van der Waals surface area contributed by atoms with E-state index >= 15 is 0 Å². The van der Waals surface area contributed by atoms with Crippen molar-refractivity contribution in [2.45, 2.75) is 91.4 Å². The van der Waals surface area contributed by atoms with Crippen LogP contribution >= 0.6 is 22.7 Å². The SMILES string of the molecule is COCCOC(=O)CCc1ccc(N(c2ccc3c(c2)C(C)(C)c2ccccc2-3)c2ccc3sc(-c4sc5ccc(N(c6ccc(CCCC(C)=O)cc6)c6ccc7c(c6)C(C)(C)c6ccccc6-7)cc5c4C)c(C)c3c2)cc1. The van der Waals surface area contributed by atoms with Crippen LogP contribution in [0.2, 0.25) is 0 Å². The highest BCUT2D eigenvalue weighted by Crippen LogP contribution is 2.54. The van der Waals surface area contributed by atoms with Crippen LogP contribution in [0.5, 0.6) is 0 Å². The first-order valence-electron chi connectivity index (χ1n) is 27.7. The minimum atomic E-state index is -0.218. The smallest absolute Gasteiger partial charge is 0.306 e. The molecule has 0 unspecified atom stereocenters. The lowest BCUT2D eigenvalue weighted by Crippen LogP contribution is -2.16. The molecule has 2 heterocycles. The number of Topliss-reactive ketones (excluding diaryl/α,β-unsaturated/α-hetero) is 1. The highest BCUT2D eigenvalue weighted by molar-refractivity contribution is 7.28. The van der Waals surface area contributed by atoms with Gasteiger partial charge in [0.1, 0.15) is 12.4 Å². The number of carbonyl (C=O) groups excluding carboxylic acids is 2. The number of anilines is 6. The van der Waals surface area contributed by atoms with Crippen molar-refractivity contribution < 1.29 is 19.1 Å². The molecule has 0 spiro atoms. The van der Waals surface area contributed by atoms with Crippen molar-refractivity contribution in [2.75, 3.05) is 30.1 Å². The Morgan fingerprint density at radius 2 is 0.886 bits per heavy atom. The van der Waals surface area contributed by atoms with Crippen molar-refractivity contribution in [1.29, 1.82) is 0 Å². The molecular weight excluding hydrogens is 1010 g/mol. The molecule has 0 amide bonds. The van der Waals surface area contributed by atoms with Gasteiger partial charge in [-0.05, 0) is 202 Å². The van der Waals surface area contributed by atoms with Crippen LogP contribution in [0, 0.1) is 13.8 Å². The van der Waals surface area contributed by atoms with Crippen molar-refractivity contribution in [1.82, 2.24) is 0 Å². The summed E-state index contributed by atoms with van der Waals surface area (Å²) in [7, 11) is 1.60. The van der Waals surface area contributed by atoms with E-state index < -0.39 is 0 Å². The van der Waals surface area contributed by atoms with E-state index in [9.17, 15) is 9.59 Å². The quantitative estimate of drug-likeness (QED) is 0.0669. The fourth-order valence-corrected chi connectivity index (χ4v) is 15.0. The number of fused-ring (bicyclic) bond motifs is 8. The van der Waals surface area contributed by atoms with E-state index in [1.807, 2.05) is 22.7 Å². The maximum Gasteiger partial charge on any atom is 0.306 e. The highest BCUT2D eigenvalue weighted by atomic mass is 32.1. The van der Waals surface area contributed by atoms with Crippen LogP contribution in [-0.2, 0) is 42.7 Å². The summed E-state index contributed by atoms with van der Waals surface area (Å²) in [6.45, 7) is 16.3. The molecule has 0 N–H and O–H groups in total. The Bertz CT molecular complexity index is 3990. The molecular formula is C71H66N2O4S2. The molecule has 79 heavy (non-hydrogen) atoms. The van der Waals surface area contributed by atoms with Gasteiger partial charge in [0.05, 0.1) is 6.61 Å². The number of ether oxygens (including phenoxy) is 2. The molecule has 0 saturated carbocycles. The van der Waals surface area contributed by atoms with Crippen LogP contribution < -0.4 is 9.80 Å². The van der Waals surface area contributed by atoms with Crippen molar-refractivity contribution in [3.05, 3.63) is 214 Å². The van der Waals surface area contributed by atoms with Gasteiger partial charge < -0.3 is 24.1 Å². The number of hydrogen-bond donors (Lipinski definition) is 0. The van der Waals surface area contributed by atoms with E-state index in [1.54, 1.807) is 14.0 Å². The van der Waals surface area contributed by atoms with Gasteiger partial charge in [0.15, 0.2) is 0 Å². The van der Waals surface area contributed by atoms with Gasteiger partial charge in [0.2, 0.25) is 0 Å². The Labute approximate surface area is 472 Å². The Morgan fingerprint density at radius 1 is 0.468 bits per heavy atom. The predicted octanol–water partition coefficient (Wildman–Crippen LogP) is 19.0. The summed E-state index contributed by atoms with van der Waals surface area (Å²) in [6, 6.07) is 63.2. The topological polar surface area (TPSA) is 59.1 Å². The third kappa shape index (κ3) is 9.47. The summed E-state index contributed by atoms with van der Waals surface area (Å²) >= 11 is 3.76. The van der Waals surface area contributed by atoms with Crippen molar-refractivity contribution in [3.63, 3.8) is 0 Å². The van der Waals surface area contributed by atoms with Crippen molar-refractivity contribution >= 4 is 88.7 Å². The van der Waals surface area contributed by atoms with Gasteiger partial charge in [-0.15, -0.1) is 22.7 Å². The van der Waals surface area contributed by atoms with Crippen LogP contribution in [0.3, 0.4) is 0 Å². The zero-order chi connectivity index (χ0) is 54.7. The molecule has 0 radical (unpaired) electrons. The standard InChI is InChI=1S/C71H66N2O4S2/c1-44(74)14-13-15-47-20-25-49(26-21-47)72(53-29-33-57-55-16-9-11-18-61(55)70(4,5)63(57)42-53)51-31-35-65-59(40-51)45(2)68(78-65)69-46(3)60-41-52(32-36-66(60)79-69)73(50-27-22-48(23-28-50)24-37-67(75)77-39-38-76-8)54-30-34-58-56-17-10-12-19-62(56)71(6,7)64(58)43-54/h9-12,16-23,25-36,40-43H,13-15,24,37-39H2,1-8H3. The molecule has 10 aromatic rings. The number of methoxy groups -OCH3 is 1. The van der Waals surface area contributed by atoms with Gasteiger partial charge in [-0.2, -0.15) is 0 Å². The monoisotopic (exact) mass is 1070 g/mol. The number of esters is 1. The first-order valence-corrected chi connectivity index (χ1v) is 29.3. The third-order valence-electron chi connectivity index (χ3n) is 16.8. The van der Waals surface area contributed by atoms with Crippen LogP contribution in [-0.4, -0.2) is 32.1 Å². The van der Waals surface area contributed by atoms with Crippen LogP contribution in [0.4, 0.5) is 34.1 Å². The minimum Gasteiger partial charge on any atom is -0.463 e. The maximum absolute atomic E-state index is 12.5. The zero-order valence-corrected chi connectivity index (χ0v) is 48.1. The highest BCUT2D eigenvalue weighted by Gasteiger charge is 2.37. The summed E-state index contributed by atoms with van der Waals surface area (Å²) in [6.07, 6.45) is 3.24. The average Bonchev–Trinajstić information content (AvgIpc) is 4.35. The van der Waals surface area contributed by atoms with E-state index in [0.717, 1.165) is 52.5 Å². The minimum absolute atomic E-state index is 0.139. The fourth-order valence-electron chi connectivity index (χ4n) is 12.4. The van der Waals surface area contributed by atoms with Gasteiger partial charge >= 0.3 is 5.97 Å². The second-order valence-corrected chi connectivity index (χ2v) is 24.7. The van der Waals surface area contributed by atoms with E-state index in [1.165, 1.54) is 91.1 Å². The number of thiophene rings is 2. The molecule has 6 nitrogen and oxygen atoms in total. The number of rotatable bonds is 17. The first kappa shape index (κ1) is 52.1. The Kier molecular flexibility index (Phi) is 13.8. The number of aryl methyl sites for hydroxylation is 4. The molecule has 12 rings (SSSR count). The van der Waals surface area contributed by atoms with E-state index in [4.69, 9.17) is 9.47 Å². The molecule has 2 aliphatic rings. The van der Waals surface area contributed by atoms with Crippen LogP contribution in [0.15, 0.2) is 170 Å². The molecule has 8 heteroatoms.